The van der Waals surface area contributed by atoms with Gasteiger partial charge in [0.25, 0.3) is 0 Å². The van der Waals surface area contributed by atoms with E-state index in [0.717, 1.165) is 12.0 Å². The fourth-order valence-electron chi connectivity index (χ4n) is 1.98. The van der Waals surface area contributed by atoms with Crippen molar-refractivity contribution in [2.24, 2.45) is 5.92 Å². The van der Waals surface area contributed by atoms with Crippen LogP contribution in [0, 0.1) is 5.92 Å². The van der Waals surface area contributed by atoms with Gasteiger partial charge in [0.05, 0.1) is 0 Å². The van der Waals surface area contributed by atoms with E-state index in [4.69, 9.17) is 0 Å². The number of unbranched alkanes of at least 4 members (excludes halogenated alkanes) is 1. The second-order valence-electron chi connectivity index (χ2n) is 4.28. The molecule has 0 radical (unpaired) electrons. The van der Waals surface area contributed by atoms with Crippen molar-refractivity contribution in [2.75, 3.05) is 6.54 Å². The van der Waals surface area contributed by atoms with Gasteiger partial charge in [-0.1, -0.05) is 33.1 Å². The minimum atomic E-state index is 0.829. The second kappa shape index (κ2) is 5.58. The van der Waals surface area contributed by atoms with E-state index < -0.39 is 0 Å². The third-order valence-corrected chi connectivity index (χ3v) is 2.91. The molecule has 1 saturated heterocycles. The molecule has 1 heteroatoms. The van der Waals surface area contributed by atoms with Crippen LogP contribution in [0.1, 0.15) is 52.4 Å². The standard InChI is InChI=1S/C11H23N/c1-3-4-7-11-8-5-6-10(2)9-12-11/h10-12H,3-9H2,1-2H3/t10?,11-/m0/s1. The Bertz CT molecular complexity index is 110. The van der Waals surface area contributed by atoms with Crippen LogP contribution in [0.3, 0.4) is 0 Å². The Morgan fingerprint density at radius 3 is 2.92 bits per heavy atom. The summed E-state index contributed by atoms with van der Waals surface area (Å²) in [5.41, 5.74) is 0. The van der Waals surface area contributed by atoms with Crippen molar-refractivity contribution in [1.29, 1.82) is 0 Å². The SMILES string of the molecule is CCCC[C@H]1CCCC(C)CN1. The van der Waals surface area contributed by atoms with Gasteiger partial charge in [0, 0.05) is 6.04 Å². The molecule has 1 aliphatic rings. The number of hydrogen-bond acceptors (Lipinski definition) is 1. The van der Waals surface area contributed by atoms with Gasteiger partial charge in [0.2, 0.25) is 0 Å². The summed E-state index contributed by atoms with van der Waals surface area (Å²) in [5.74, 6) is 0.900. The summed E-state index contributed by atoms with van der Waals surface area (Å²) in [6.07, 6.45) is 8.39. The second-order valence-corrected chi connectivity index (χ2v) is 4.28. The van der Waals surface area contributed by atoms with Crippen molar-refractivity contribution >= 4 is 0 Å². The summed E-state index contributed by atoms with van der Waals surface area (Å²) in [7, 11) is 0. The van der Waals surface area contributed by atoms with Gasteiger partial charge in [-0.25, -0.2) is 0 Å². The summed E-state index contributed by atoms with van der Waals surface area (Å²) in [5, 5.41) is 3.67. The summed E-state index contributed by atoms with van der Waals surface area (Å²) in [4.78, 5) is 0. The van der Waals surface area contributed by atoms with E-state index in [1.54, 1.807) is 0 Å². The highest BCUT2D eigenvalue weighted by atomic mass is 14.9. The van der Waals surface area contributed by atoms with Crippen LogP contribution >= 0.6 is 0 Å². The average molecular weight is 169 g/mol. The van der Waals surface area contributed by atoms with Gasteiger partial charge in [-0.05, 0) is 31.7 Å². The fraction of sp³-hybridized carbons (Fsp3) is 1.00. The predicted octanol–water partition coefficient (Wildman–Crippen LogP) is 2.95. The highest BCUT2D eigenvalue weighted by Crippen LogP contribution is 2.16. The third kappa shape index (κ3) is 3.57. The van der Waals surface area contributed by atoms with Crippen molar-refractivity contribution < 1.29 is 0 Å². The molecule has 1 aliphatic heterocycles. The number of nitrogens with one attached hydrogen (secondary N) is 1. The van der Waals surface area contributed by atoms with Gasteiger partial charge in [-0.2, -0.15) is 0 Å². The van der Waals surface area contributed by atoms with Crippen molar-refractivity contribution in [3.05, 3.63) is 0 Å². The fourth-order valence-corrected chi connectivity index (χ4v) is 1.98. The molecule has 1 unspecified atom stereocenters. The van der Waals surface area contributed by atoms with Crippen molar-refractivity contribution in [3.8, 4) is 0 Å². The molecule has 0 aromatic heterocycles. The van der Waals surface area contributed by atoms with E-state index in [1.165, 1.54) is 45.1 Å². The number of hydrogen-bond donors (Lipinski definition) is 1. The zero-order valence-corrected chi connectivity index (χ0v) is 8.60. The first-order valence-electron chi connectivity index (χ1n) is 5.56. The molecule has 0 aromatic carbocycles. The Hall–Kier alpha value is -0.0400. The van der Waals surface area contributed by atoms with Gasteiger partial charge in [-0.3, -0.25) is 0 Å². The Morgan fingerprint density at radius 1 is 1.33 bits per heavy atom. The topological polar surface area (TPSA) is 12.0 Å². The maximum atomic E-state index is 3.67. The molecule has 1 N–H and O–H groups in total. The van der Waals surface area contributed by atoms with Crippen LogP contribution < -0.4 is 5.32 Å². The molecule has 0 spiro atoms. The van der Waals surface area contributed by atoms with Gasteiger partial charge in [0.15, 0.2) is 0 Å². The van der Waals surface area contributed by atoms with E-state index in [-0.39, 0.29) is 0 Å². The van der Waals surface area contributed by atoms with Crippen LogP contribution in [0.2, 0.25) is 0 Å². The molecule has 1 heterocycles. The maximum Gasteiger partial charge on any atom is 0.00671 e. The largest absolute Gasteiger partial charge is 0.314 e. The summed E-state index contributed by atoms with van der Waals surface area (Å²) in [6, 6.07) is 0.829. The summed E-state index contributed by atoms with van der Waals surface area (Å²) >= 11 is 0. The molecule has 1 rings (SSSR count). The van der Waals surface area contributed by atoms with Gasteiger partial charge < -0.3 is 5.32 Å². The monoisotopic (exact) mass is 169 g/mol. The van der Waals surface area contributed by atoms with Crippen LogP contribution in [0.25, 0.3) is 0 Å². The van der Waals surface area contributed by atoms with Crippen LogP contribution in [-0.2, 0) is 0 Å². The van der Waals surface area contributed by atoms with E-state index in [2.05, 4.69) is 19.2 Å². The molecule has 0 aliphatic carbocycles. The minimum absolute atomic E-state index is 0.829. The zero-order valence-electron chi connectivity index (χ0n) is 8.60. The lowest BCUT2D eigenvalue weighted by atomic mass is 10.0. The molecule has 1 fully saturated rings. The molecule has 1 nitrogen and oxygen atoms in total. The first-order chi connectivity index (χ1) is 5.83. The van der Waals surface area contributed by atoms with E-state index in [1.807, 2.05) is 0 Å². The van der Waals surface area contributed by atoms with E-state index >= 15 is 0 Å². The quantitative estimate of drug-likeness (QED) is 0.685. The van der Waals surface area contributed by atoms with Crippen molar-refractivity contribution in [3.63, 3.8) is 0 Å². The molecule has 72 valence electrons. The van der Waals surface area contributed by atoms with Crippen molar-refractivity contribution in [1.82, 2.24) is 5.32 Å². The molecular weight excluding hydrogens is 146 g/mol. The lowest BCUT2D eigenvalue weighted by Gasteiger charge is -2.15. The molecule has 0 amide bonds. The molecule has 0 saturated carbocycles. The number of rotatable bonds is 3. The van der Waals surface area contributed by atoms with Crippen LogP contribution in [0.15, 0.2) is 0 Å². The van der Waals surface area contributed by atoms with E-state index in [0.29, 0.717) is 0 Å². The maximum absolute atomic E-state index is 3.67. The highest BCUT2D eigenvalue weighted by Gasteiger charge is 2.13. The third-order valence-electron chi connectivity index (χ3n) is 2.91. The Labute approximate surface area is 76.9 Å². The average Bonchev–Trinajstić information content (AvgIpc) is 2.27. The lowest BCUT2D eigenvalue weighted by Crippen LogP contribution is -2.29. The normalized spacial score (nSPS) is 31.5. The lowest BCUT2D eigenvalue weighted by molar-refractivity contribution is 0.448. The summed E-state index contributed by atoms with van der Waals surface area (Å²) < 4.78 is 0. The van der Waals surface area contributed by atoms with Crippen LogP contribution in [0.5, 0.6) is 0 Å². The van der Waals surface area contributed by atoms with Crippen molar-refractivity contribution in [2.45, 2.75) is 58.4 Å². The predicted molar refractivity (Wildman–Crippen MR) is 54.3 cm³/mol. The molecule has 2 atom stereocenters. The molecular formula is C11H23N. The van der Waals surface area contributed by atoms with Gasteiger partial charge >= 0.3 is 0 Å². The first-order valence-corrected chi connectivity index (χ1v) is 5.56. The van der Waals surface area contributed by atoms with Crippen LogP contribution in [0.4, 0.5) is 0 Å². The molecule has 0 bridgehead atoms. The Kier molecular flexibility index (Phi) is 4.67. The highest BCUT2D eigenvalue weighted by molar-refractivity contribution is 4.73. The first kappa shape index (κ1) is 10.0. The minimum Gasteiger partial charge on any atom is -0.314 e. The van der Waals surface area contributed by atoms with Crippen LogP contribution in [-0.4, -0.2) is 12.6 Å². The van der Waals surface area contributed by atoms with E-state index in [9.17, 15) is 0 Å². The molecule has 0 aromatic rings. The Morgan fingerprint density at radius 2 is 2.17 bits per heavy atom. The zero-order chi connectivity index (χ0) is 8.81. The van der Waals surface area contributed by atoms with Gasteiger partial charge in [-0.15, -0.1) is 0 Å². The molecule has 12 heavy (non-hydrogen) atoms. The smallest absolute Gasteiger partial charge is 0.00671 e. The summed E-state index contributed by atoms with van der Waals surface area (Å²) in [6.45, 7) is 5.88. The van der Waals surface area contributed by atoms with Gasteiger partial charge in [0.1, 0.15) is 0 Å². The Balaban J connectivity index is 2.17.